The third kappa shape index (κ3) is 3.95. The number of carbonyl (C=O) groups excluding carboxylic acids is 1. The third-order valence-electron chi connectivity index (χ3n) is 5.17. The number of carbonyl (C=O) groups is 1. The lowest BCUT2D eigenvalue weighted by Crippen LogP contribution is -2.53. The Hall–Kier alpha value is -0.570. The molecule has 0 radical (unpaired) electrons. The van der Waals surface area contributed by atoms with Crippen molar-refractivity contribution in [1.29, 1.82) is 0 Å². The second-order valence-electron chi connectivity index (χ2n) is 6.82. The van der Waals surface area contributed by atoms with Crippen LogP contribution in [0.25, 0.3) is 0 Å². The summed E-state index contributed by atoms with van der Waals surface area (Å²) in [5, 5.41) is 6.69. The highest BCUT2D eigenvalue weighted by molar-refractivity contribution is 5.82. The summed E-state index contributed by atoms with van der Waals surface area (Å²) in [5.74, 6) is 2.41. The molecule has 2 rings (SSSR count). The maximum Gasteiger partial charge on any atom is 0.237 e. The molecule has 2 fully saturated rings. The fourth-order valence-electron chi connectivity index (χ4n) is 3.73. The predicted octanol–water partition coefficient (Wildman–Crippen LogP) is 2.71. The zero-order valence-corrected chi connectivity index (χ0v) is 12.7. The Bertz CT molecular complexity index is 305. The number of rotatable bonds is 3. The van der Waals surface area contributed by atoms with E-state index in [1.165, 1.54) is 25.7 Å². The zero-order chi connectivity index (χ0) is 13.8. The van der Waals surface area contributed by atoms with E-state index in [0.29, 0.717) is 12.0 Å². The quantitative estimate of drug-likeness (QED) is 0.824. The molecule has 5 atom stereocenters. The molecule has 0 aromatic heterocycles. The lowest BCUT2D eigenvalue weighted by molar-refractivity contribution is -0.125. The summed E-state index contributed by atoms with van der Waals surface area (Å²) in [6.07, 6.45) is 7.09. The van der Waals surface area contributed by atoms with Gasteiger partial charge >= 0.3 is 0 Å². The molecule has 1 saturated carbocycles. The van der Waals surface area contributed by atoms with Crippen molar-refractivity contribution >= 4 is 5.91 Å². The summed E-state index contributed by atoms with van der Waals surface area (Å²) in [7, 11) is 0. The maximum absolute atomic E-state index is 12.4. The van der Waals surface area contributed by atoms with Crippen molar-refractivity contribution in [3.05, 3.63) is 0 Å². The van der Waals surface area contributed by atoms with E-state index in [1.54, 1.807) is 0 Å². The van der Waals surface area contributed by atoms with Gasteiger partial charge in [-0.1, -0.05) is 27.2 Å². The van der Waals surface area contributed by atoms with E-state index in [-0.39, 0.29) is 11.9 Å². The molecule has 2 N–H and O–H groups in total. The number of hydrogen-bond acceptors (Lipinski definition) is 2. The Labute approximate surface area is 117 Å². The van der Waals surface area contributed by atoms with Gasteiger partial charge in [-0.05, 0) is 56.4 Å². The highest BCUT2D eigenvalue weighted by atomic mass is 16.2. The van der Waals surface area contributed by atoms with Crippen molar-refractivity contribution < 1.29 is 4.79 Å². The fraction of sp³-hybridized carbons (Fsp3) is 0.938. The van der Waals surface area contributed by atoms with Gasteiger partial charge < -0.3 is 10.6 Å². The van der Waals surface area contributed by atoms with Crippen LogP contribution in [0.15, 0.2) is 0 Å². The van der Waals surface area contributed by atoms with Crippen LogP contribution in [0.3, 0.4) is 0 Å². The molecule has 1 aliphatic heterocycles. The Balaban J connectivity index is 1.83. The molecule has 1 amide bonds. The highest BCUT2D eigenvalue weighted by Gasteiger charge is 2.30. The first-order chi connectivity index (χ1) is 9.10. The Kier molecular flexibility index (Phi) is 5.26. The first-order valence-corrected chi connectivity index (χ1v) is 8.13. The van der Waals surface area contributed by atoms with Gasteiger partial charge in [0.1, 0.15) is 0 Å². The zero-order valence-electron chi connectivity index (χ0n) is 12.7. The summed E-state index contributed by atoms with van der Waals surface area (Å²) in [4.78, 5) is 12.4. The van der Waals surface area contributed by atoms with Crippen molar-refractivity contribution in [3.8, 4) is 0 Å². The van der Waals surface area contributed by atoms with E-state index in [9.17, 15) is 4.79 Å². The highest BCUT2D eigenvalue weighted by Crippen LogP contribution is 2.29. The molecule has 1 saturated heterocycles. The molecule has 110 valence electrons. The second-order valence-corrected chi connectivity index (χ2v) is 6.82. The Morgan fingerprint density at radius 2 is 2.00 bits per heavy atom. The van der Waals surface area contributed by atoms with Crippen LogP contribution in [0.4, 0.5) is 0 Å². The van der Waals surface area contributed by atoms with Crippen LogP contribution < -0.4 is 10.6 Å². The molecular weight excluding hydrogens is 236 g/mol. The first-order valence-electron chi connectivity index (χ1n) is 8.13. The normalized spacial score (nSPS) is 39.8. The van der Waals surface area contributed by atoms with Crippen LogP contribution in [-0.2, 0) is 4.79 Å². The van der Waals surface area contributed by atoms with Gasteiger partial charge in [0.05, 0.1) is 6.04 Å². The largest absolute Gasteiger partial charge is 0.352 e. The van der Waals surface area contributed by atoms with Gasteiger partial charge in [-0.15, -0.1) is 0 Å². The standard InChI is InChI=1S/C16H30N2O/c1-4-13-7-8-17-15(10-13)16(19)18-14-6-5-11(2)9-12(14)3/h11-15,17H,4-10H2,1-3H3,(H,18,19). The van der Waals surface area contributed by atoms with E-state index in [1.807, 2.05) is 0 Å². The Morgan fingerprint density at radius 1 is 1.21 bits per heavy atom. The molecule has 2 aliphatic rings. The monoisotopic (exact) mass is 266 g/mol. The van der Waals surface area contributed by atoms with Gasteiger partial charge in [0.25, 0.3) is 0 Å². The Morgan fingerprint density at radius 3 is 2.68 bits per heavy atom. The van der Waals surface area contributed by atoms with Crippen LogP contribution >= 0.6 is 0 Å². The van der Waals surface area contributed by atoms with Crippen LogP contribution in [0, 0.1) is 17.8 Å². The van der Waals surface area contributed by atoms with E-state index >= 15 is 0 Å². The molecule has 19 heavy (non-hydrogen) atoms. The summed E-state index contributed by atoms with van der Waals surface area (Å²) in [6, 6.07) is 0.442. The van der Waals surface area contributed by atoms with Crippen LogP contribution in [-0.4, -0.2) is 24.5 Å². The van der Waals surface area contributed by atoms with Crippen LogP contribution in [0.5, 0.6) is 0 Å². The summed E-state index contributed by atoms with van der Waals surface area (Å²) in [6.45, 7) is 7.83. The molecule has 1 heterocycles. The van der Waals surface area contributed by atoms with Gasteiger partial charge in [-0.2, -0.15) is 0 Å². The fourth-order valence-corrected chi connectivity index (χ4v) is 3.73. The number of amides is 1. The number of nitrogens with one attached hydrogen (secondary N) is 2. The van der Waals surface area contributed by atoms with Gasteiger partial charge in [-0.25, -0.2) is 0 Å². The predicted molar refractivity (Wildman–Crippen MR) is 78.9 cm³/mol. The van der Waals surface area contributed by atoms with Gasteiger partial charge in [0.2, 0.25) is 5.91 Å². The molecule has 5 unspecified atom stereocenters. The van der Waals surface area contributed by atoms with Crippen LogP contribution in [0.1, 0.15) is 59.3 Å². The topological polar surface area (TPSA) is 41.1 Å². The van der Waals surface area contributed by atoms with Crippen molar-refractivity contribution in [2.45, 2.75) is 71.4 Å². The first kappa shape index (κ1) is 14.8. The van der Waals surface area contributed by atoms with Gasteiger partial charge in [-0.3, -0.25) is 4.79 Å². The number of hydrogen-bond donors (Lipinski definition) is 2. The minimum atomic E-state index is 0.0465. The molecule has 0 aromatic rings. The van der Waals surface area contributed by atoms with Crippen LogP contribution in [0.2, 0.25) is 0 Å². The third-order valence-corrected chi connectivity index (χ3v) is 5.17. The lowest BCUT2D eigenvalue weighted by Gasteiger charge is -2.35. The number of piperidine rings is 1. The van der Waals surface area contributed by atoms with Gasteiger partial charge in [0.15, 0.2) is 0 Å². The molecule has 0 spiro atoms. The summed E-state index contributed by atoms with van der Waals surface area (Å²) in [5.41, 5.74) is 0. The molecular formula is C16H30N2O. The smallest absolute Gasteiger partial charge is 0.237 e. The van der Waals surface area contributed by atoms with Gasteiger partial charge in [0, 0.05) is 6.04 Å². The SMILES string of the molecule is CCC1CCNC(C(=O)NC2CCC(C)CC2C)C1. The van der Waals surface area contributed by atoms with Crippen molar-refractivity contribution in [1.82, 2.24) is 10.6 Å². The van der Waals surface area contributed by atoms with Crippen molar-refractivity contribution in [2.75, 3.05) is 6.54 Å². The van der Waals surface area contributed by atoms with E-state index in [4.69, 9.17) is 0 Å². The average Bonchev–Trinajstić information content (AvgIpc) is 2.42. The molecule has 0 bridgehead atoms. The molecule has 1 aliphatic carbocycles. The minimum Gasteiger partial charge on any atom is -0.352 e. The minimum absolute atomic E-state index is 0.0465. The molecule has 0 aromatic carbocycles. The van der Waals surface area contributed by atoms with Crippen molar-refractivity contribution in [2.24, 2.45) is 17.8 Å². The van der Waals surface area contributed by atoms with E-state index < -0.39 is 0 Å². The summed E-state index contributed by atoms with van der Waals surface area (Å²) < 4.78 is 0. The maximum atomic E-state index is 12.4. The molecule has 3 heteroatoms. The van der Waals surface area contributed by atoms with E-state index in [2.05, 4.69) is 31.4 Å². The average molecular weight is 266 g/mol. The van der Waals surface area contributed by atoms with Crippen molar-refractivity contribution in [3.63, 3.8) is 0 Å². The lowest BCUT2D eigenvalue weighted by atomic mass is 9.79. The van der Waals surface area contributed by atoms with E-state index in [0.717, 1.165) is 31.2 Å². The molecule has 3 nitrogen and oxygen atoms in total. The summed E-state index contributed by atoms with van der Waals surface area (Å²) >= 11 is 0. The second kappa shape index (κ2) is 6.74.